The van der Waals surface area contributed by atoms with Crippen LogP contribution in [0.25, 0.3) is 0 Å². The van der Waals surface area contributed by atoms with Gasteiger partial charge in [0, 0.05) is 31.6 Å². The van der Waals surface area contributed by atoms with Gasteiger partial charge in [-0.05, 0) is 19.9 Å². The highest BCUT2D eigenvalue weighted by atomic mass is 16.5. The number of rotatable bonds is 4. The van der Waals surface area contributed by atoms with Gasteiger partial charge in [-0.2, -0.15) is 0 Å². The van der Waals surface area contributed by atoms with Crippen molar-refractivity contribution in [2.24, 2.45) is 0 Å². The van der Waals surface area contributed by atoms with Crippen LogP contribution < -0.4 is 11.1 Å². The molecule has 0 saturated heterocycles. The van der Waals surface area contributed by atoms with Gasteiger partial charge in [0.15, 0.2) is 0 Å². The van der Waals surface area contributed by atoms with Crippen LogP contribution in [0.4, 0.5) is 11.5 Å². The number of anilines is 2. The van der Waals surface area contributed by atoms with Crippen molar-refractivity contribution < 1.29 is 4.74 Å². The monoisotopic (exact) mass is 195 g/mol. The van der Waals surface area contributed by atoms with E-state index in [0.29, 0.717) is 5.82 Å². The minimum Gasteiger partial charge on any atom is -0.384 e. The molecule has 0 aliphatic heterocycles. The lowest BCUT2D eigenvalue weighted by Gasteiger charge is -2.23. The van der Waals surface area contributed by atoms with Crippen LogP contribution in [-0.2, 0) is 4.74 Å². The molecule has 4 nitrogen and oxygen atoms in total. The standard InChI is InChI=1S/C10H17N3O/c1-10(2,14-3)7-13-8-4-5-12-9(11)6-8/h4-6H,7H2,1-3H3,(H3,11,12,13). The maximum absolute atomic E-state index is 5.55. The Kier molecular flexibility index (Phi) is 3.30. The van der Waals surface area contributed by atoms with E-state index in [1.807, 2.05) is 19.9 Å². The summed E-state index contributed by atoms with van der Waals surface area (Å²) in [5, 5.41) is 3.23. The van der Waals surface area contributed by atoms with Crippen molar-refractivity contribution in [1.29, 1.82) is 0 Å². The summed E-state index contributed by atoms with van der Waals surface area (Å²) in [6.07, 6.45) is 1.68. The Hall–Kier alpha value is -1.29. The molecule has 1 rings (SSSR count). The zero-order chi connectivity index (χ0) is 10.6. The number of nitrogen functional groups attached to an aromatic ring is 1. The first kappa shape index (κ1) is 10.8. The summed E-state index contributed by atoms with van der Waals surface area (Å²) in [4.78, 5) is 3.91. The van der Waals surface area contributed by atoms with Crippen LogP contribution in [0, 0.1) is 0 Å². The normalized spacial score (nSPS) is 11.4. The first-order valence-corrected chi connectivity index (χ1v) is 4.54. The van der Waals surface area contributed by atoms with Gasteiger partial charge in [0.2, 0.25) is 0 Å². The van der Waals surface area contributed by atoms with Gasteiger partial charge in [-0.1, -0.05) is 0 Å². The number of nitrogens with two attached hydrogens (primary N) is 1. The van der Waals surface area contributed by atoms with Gasteiger partial charge in [-0.15, -0.1) is 0 Å². The molecule has 0 atom stereocenters. The summed E-state index contributed by atoms with van der Waals surface area (Å²) < 4.78 is 5.28. The Morgan fingerprint density at radius 1 is 1.57 bits per heavy atom. The van der Waals surface area contributed by atoms with Crippen molar-refractivity contribution in [3.63, 3.8) is 0 Å². The van der Waals surface area contributed by atoms with Crippen molar-refractivity contribution >= 4 is 11.5 Å². The Balaban J connectivity index is 2.54. The fourth-order valence-electron chi connectivity index (χ4n) is 0.945. The van der Waals surface area contributed by atoms with Gasteiger partial charge in [0.1, 0.15) is 5.82 Å². The van der Waals surface area contributed by atoms with Crippen molar-refractivity contribution in [2.45, 2.75) is 19.4 Å². The quantitative estimate of drug-likeness (QED) is 0.764. The third-order valence-corrected chi connectivity index (χ3v) is 2.05. The van der Waals surface area contributed by atoms with Crippen LogP contribution in [0.5, 0.6) is 0 Å². The van der Waals surface area contributed by atoms with Crippen molar-refractivity contribution in [2.75, 3.05) is 24.7 Å². The predicted molar refractivity (Wildman–Crippen MR) is 58.2 cm³/mol. The molecular formula is C10H17N3O. The van der Waals surface area contributed by atoms with Gasteiger partial charge < -0.3 is 15.8 Å². The molecule has 0 saturated carbocycles. The Labute approximate surface area is 84.5 Å². The molecule has 0 aliphatic rings. The lowest BCUT2D eigenvalue weighted by atomic mass is 10.1. The molecule has 1 heterocycles. The molecular weight excluding hydrogens is 178 g/mol. The number of aromatic nitrogens is 1. The van der Waals surface area contributed by atoms with E-state index in [9.17, 15) is 0 Å². The number of nitrogens with zero attached hydrogens (tertiary/aromatic N) is 1. The second-order valence-corrected chi connectivity index (χ2v) is 3.79. The second-order valence-electron chi connectivity index (χ2n) is 3.79. The molecule has 14 heavy (non-hydrogen) atoms. The Bertz CT molecular complexity index is 299. The SMILES string of the molecule is COC(C)(C)CNc1ccnc(N)c1. The lowest BCUT2D eigenvalue weighted by Crippen LogP contribution is -2.32. The van der Waals surface area contributed by atoms with E-state index in [1.54, 1.807) is 19.4 Å². The second kappa shape index (κ2) is 4.28. The van der Waals surface area contributed by atoms with Gasteiger partial charge in [-0.25, -0.2) is 4.98 Å². The average molecular weight is 195 g/mol. The zero-order valence-electron chi connectivity index (χ0n) is 8.87. The molecule has 0 spiro atoms. The van der Waals surface area contributed by atoms with E-state index < -0.39 is 0 Å². The summed E-state index contributed by atoms with van der Waals surface area (Å²) >= 11 is 0. The van der Waals surface area contributed by atoms with Gasteiger partial charge in [0.25, 0.3) is 0 Å². The smallest absolute Gasteiger partial charge is 0.125 e. The minimum absolute atomic E-state index is 0.183. The fourth-order valence-corrected chi connectivity index (χ4v) is 0.945. The third-order valence-electron chi connectivity index (χ3n) is 2.05. The molecule has 0 amide bonds. The van der Waals surface area contributed by atoms with E-state index in [2.05, 4.69) is 10.3 Å². The maximum Gasteiger partial charge on any atom is 0.125 e. The van der Waals surface area contributed by atoms with Gasteiger partial charge in [0.05, 0.1) is 5.60 Å². The van der Waals surface area contributed by atoms with E-state index in [1.165, 1.54) is 0 Å². The van der Waals surface area contributed by atoms with Crippen LogP contribution in [0.2, 0.25) is 0 Å². The maximum atomic E-state index is 5.55. The number of ether oxygens (including phenoxy) is 1. The van der Waals surface area contributed by atoms with Crippen LogP contribution in [-0.4, -0.2) is 24.2 Å². The summed E-state index contributed by atoms with van der Waals surface area (Å²) in [6.45, 7) is 4.77. The summed E-state index contributed by atoms with van der Waals surface area (Å²) in [5.41, 5.74) is 6.33. The molecule has 0 radical (unpaired) electrons. The summed E-state index contributed by atoms with van der Waals surface area (Å²) in [6, 6.07) is 3.67. The minimum atomic E-state index is -0.183. The molecule has 4 heteroatoms. The molecule has 0 fully saturated rings. The summed E-state index contributed by atoms with van der Waals surface area (Å²) in [7, 11) is 1.70. The first-order chi connectivity index (χ1) is 6.53. The molecule has 0 unspecified atom stereocenters. The van der Waals surface area contributed by atoms with E-state index in [4.69, 9.17) is 10.5 Å². The lowest BCUT2D eigenvalue weighted by molar-refractivity contribution is 0.0344. The Morgan fingerprint density at radius 3 is 2.86 bits per heavy atom. The fraction of sp³-hybridized carbons (Fsp3) is 0.500. The number of pyridine rings is 1. The molecule has 1 aromatic rings. The third kappa shape index (κ3) is 3.22. The highest BCUT2D eigenvalue weighted by Crippen LogP contribution is 2.12. The first-order valence-electron chi connectivity index (χ1n) is 4.54. The number of hydrogen-bond donors (Lipinski definition) is 2. The largest absolute Gasteiger partial charge is 0.384 e. The van der Waals surface area contributed by atoms with Crippen molar-refractivity contribution in [1.82, 2.24) is 4.98 Å². The van der Waals surface area contributed by atoms with Gasteiger partial charge >= 0.3 is 0 Å². The zero-order valence-corrected chi connectivity index (χ0v) is 8.87. The molecule has 0 aromatic carbocycles. The highest BCUT2D eigenvalue weighted by Gasteiger charge is 2.15. The number of methoxy groups -OCH3 is 1. The van der Waals surface area contributed by atoms with Crippen LogP contribution in [0.1, 0.15) is 13.8 Å². The molecule has 1 aromatic heterocycles. The van der Waals surface area contributed by atoms with Crippen LogP contribution >= 0.6 is 0 Å². The highest BCUT2D eigenvalue weighted by molar-refractivity contribution is 5.49. The number of hydrogen-bond acceptors (Lipinski definition) is 4. The predicted octanol–water partition coefficient (Wildman–Crippen LogP) is 1.50. The molecule has 0 bridgehead atoms. The van der Waals surface area contributed by atoms with Crippen molar-refractivity contribution in [3.05, 3.63) is 18.3 Å². The van der Waals surface area contributed by atoms with E-state index in [0.717, 1.165) is 12.2 Å². The molecule has 78 valence electrons. The Morgan fingerprint density at radius 2 is 2.29 bits per heavy atom. The van der Waals surface area contributed by atoms with E-state index in [-0.39, 0.29) is 5.60 Å². The molecule has 0 aliphatic carbocycles. The number of nitrogens with one attached hydrogen (secondary N) is 1. The van der Waals surface area contributed by atoms with Gasteiger partial charge in [-0.3, -0.25) is 0 Å². The average Bonchev–Trinajstić information content (AvgIpc) is 2.15. The van der Waals surface area contributed by atoms with Crippen LogP contribution in [0.15, 0.2) is 18.3 Å². The topological polar surface area (TPSA) is 60.2 Å². The molecule has 3 N–H and O–H groups in total. The van der Waals surface area contributed by atoms with E-state index >= 15 is 0 Å². The summed E-state index contributed by atoms with van der Waals surface area (Å²) in [5.74, 6) is 0.519. The van der Waals surface area contributed by atoms with Crippen LogP contribution in [0.3, 0.4) is 0 Å². The van der Waals surface area contributed by atoms with Crippen molar-refractivity contribution in [3.8, 4) is 0 Å².